The molecule has 0 aromatic carbocycles. The minimum absolute atomic E-state index is 0.235. The van der Waals surface area contributed by atoms with Crippen LogP contribution in [0.25, 0.3) is 0 Å². The van der Waals surface area contributed by atoms with E-state index in [4.69, 9.17) is 5.73 Å². The van der Waals surface area contributed by atoms with E-state index in [9.17, 15) is 0 Å². The molecule has 1 unspecified atom stereocenters. The van der Waals surface area contributed by atoms with Crippen LogP contribution in [0.2, 0.25) is 0 Å². The summed E-state index contributed by atoms with van der Waals surface area (Å²) in [5.74, 6) is 1.13. The molecule has 0 saturated heterocycles. The topological polar surface area (TPSA) is 43.8 Å². The van der Waals surface area contributed by atoms with Gasteiger partial charge in [0.25, 0.3) is 0 Å². The first kappa shape index (κ1) is 14.2. The molecule has 0 aliphatic rings. The van der Waals surface area contributed by atoms with Crippen molar-refractivity contribution >= 4 is 0 Å². The number of nitrogens with zero attached hydrogens (tertiary/aromatic N) is 2. The number of aryl methyl sites for hydroxylation is 1. The van der Waals surface area contributed by atoms with Crippen LogP contribution in [0.5, 0.6) is 0 Å². The van der Waals surface area contributed by atoms with Gasteiger partial charge in [0.2, 0.25) is 0 Å². The van der Waals surface area contributed by atoms with Crippen molar-refractivity contribution in [3.63, 3.8) is 0 Å². The van der Waals surface area contributed by atoms with E-state index in [0.717, 1.165) is 25.2 Å². The lowest BCUT2D eigenvalue weighted by atomic mass is 9.91. The molecule has 1 heterocycles. The van der Waals surface area contributed by atoms with Crippen LogP contribution in [0, 0.1) is 5.41 Å². The molecular weight excluding hydrogens is 210 g/mol. The van der Waals surface area contributed by atoms with Gasteiger partial charge in [-0.2, -0.15) is 0 Å². The van der Waals surface area contributed by atoms with Crippen LogP contribution >= 0.6 is 0 Å². The molecule has 1 aromatic heterocycles. The zero-order valence-corrected chi connectivity index (χ0v) is 11.7. The fourth-order valence-electron chi connectivity index (χ4n) is 1.89. The van der Waals surface area contributed by atoms with E-state index in [1.54, 1.807) is 0 Å². The second-order valence-corrected chi connectivity index (χ2v) is 6.07. The van der Waals surface area contributed by atoms with Crippen LogP contribution in [-0.4, -0.2) is 15.6 Å². The van der Waals surface area contributed by atoms with Gasteiger partial charge in [-0.3, -0.25) is 0 Å². The second kappa shape index (κ2) is 6.20. The predicted molar refractivity (Wildman–Crippen MR) is 72.9 cm³/mol. The second-order valence-electron chi connectivity index (χ2n) is 6.07. The van der Waals surface area contributed by atoms with Crippen molar-refractivity contribution in [2.24, 2.45) is 11.1 Å². The third-order valence-electron chi connectivity index (χ3n) is 3.10. The molecule has 0 aliphatic carbocycles. The Balaban J connectivity index is 2.46. The third kappa shape index (κ3) is 5.35. The summed E-state index contributed by atoms with van der Waals surface area (Å²) in [4.78, 5) is 4.40. The minimum Gasteiger partial charge on any atom is -0.335 e. The van der Waals surface area contributed by atoms with Gasteiger partial charge < -0.3 is 10.3 Å². The Bertz CT molecular complexity index is 322. The molecule has 2 N–H and O–H groups in total. The molecule has 0 saturated carbocycles. The highest BCUT2D eigenvalue weighted by atomic mass is 15.1. The fraction of sp³-hybridized carbons (Fsp3) is 0.786. The maximum atomic E-state index is 5.98. The van der Waals surface area contributed by atoms with E-state index in [2.05, 4.69) is 43.4 Å². The Labute approximate surface area is 105 Å². The highest BCUT2D eigenvalue weighted by molar-refractivity contribution is 4.95. The van der Waals surface area contributed by atoms with Gasteiger partial charge >= 0.3 is 0 Å². The monoisotopic (exact) mass is 237 g/mol. The van der Waals surface area contributed by atoms with Gasteiger partial charge in [0.1, 0.15) is 5.82 Å². The van der Waals surface area contributed by atoms with Crippen molar-refractivity contribution in [1.29, 1.82) is 0 Å². The van der Waals surface area contributed by atoms with Gasteiger partial charge in [-0.05, 0) is 24.7 Å². The van der Waals surface area contributed by atoms with E-state index >= 15 is 0 Å². The lowest BCUT2D eigenvalue weighted by molar-refractivity contribution is 0.351. The van der Waals surface area contributed by atoms with Gasteiger partial charge in [0, 0.05) is 31.4 Å². The summed E-state index contributed by atoms with van der Waals surface area (Å²) in [7, 11) is 0. The van der Waals surface area contributed by atoms with Crippen molar-refractivity contribution in [1.82, 2.24) is 9.55 Å². The Morgan fingerprint density at radius 1 is 1.41 bits per heavy atom. The summed E-state index contributed by atoms with van der Waals surface area (Å²) in [5.41, 5.74) is 6.39. The molecule has 0 radical (unpaired) electrons. The summed E-state index contributed by atoms with van der Waals surface area (Å²) in [6.07, 6.45) is 8.29. The van der Waals surface area contributed by atoms with Crippen molar-refractivity contribution in [3.8, 4) is 0 Å². The van der Waals surface area contributed by atoms with Crippen LogP contribution in [0.15, 0.2) is 12.4 Å². The van der Waals surface area contributed by atoms with Crippen LogP contribution in [-0.2, 0) is 13.0 Å². The first-order valence-electron chi connectivity index (χ1n) is 6.68. The first-order valence-corrected chi connectivity index (χ1v) is 6.68. The van der Waals surface area contributed by atoms with Crippen LogP contribution < -0.4 is 5.73 Å². The summed E-state index contributed by atoms with van der Waals surface area (Å²) < 4.78 is 2.25. The van der Waals surface area contributed by atoms with E-state index in [0.29, 0.717) is 5.41 Å². The molecule has 3 heteroatoms. The Morgan fingerprint density at radius 3 is 2.71 bits per heavy atom. The number of hydrogen-bond acceptors (Lipinski definition) is 2. The van der Waals surface area contributed by atoms with E-state index in [1.807, 2.05) is 6.20 Å². The van der Waals surface area contributed by atoms with E-state index < -0.39 is 0 Å². The van der Waals surface area contributed by atoms with Crippen molar-refractivity contribution < 1.29 is 0 Å². The van der Waals surface area contributed by atoms with Gasteiger partial charge in [0.05, 0.1) is 0 Å². The highest BCUT2D eigenvalue weighted by Crippen LogP contribution is 2.21. The van der Waals surface area contributed by atoms with Gasteiger partial charge in [-0.1, -0.05) is 27.7 Å². The Morgan fingerprint density at radius 2 is 2.12 bits per heavy atom. The quantitative estimate of drug-likeness (QED) is 0.826. The molecule has 1 rings (SSSR count). The van der Waals surface area contributed by atoms with Crippen molar-refractivity contribution in [2.75, 3.05) is 0 Å². The van der Waals surface area contributed by atoms with Crippen LogP contribution in [0.1, 0.15) is 52.8 Å². The number of imidazole rings is 1. The van der Waals surface area contributed by atoms with Gasteiger partial charge in [-0.15, -0.1) is 0 Å². The molecule has 98 valence electrons. The molecule has 1 aromatic rings. The molecule has 17 heavy (non-hydrogen) atoms. The molecule has 3 nitrogen and oxygen atoms in total. The average Bonchev–Trinajstić information content (AvgIpc) is 2.64. The molecular formula is C14H27N3. The summed E-state index contributed by atoms with van der Waals surface area (Å²) >= 11 is 0. The third-order valence-corrected chi connectivity index (χ3v) is 3.10. The maximum absolute atomic E-state index is 5.98. The Hall–Kier alpha value is -0.830. The van der Waals surface area contributed by atoms with Crippen LogP contribution in [0.3, 0.4) is 0 Å². The summed E-state index contributed by atoms with van der Waals surface area (Å²) in [6.45, 7) is 10.0. The smallest absolute Gasteiger partial charge is 0.110 e. The maximum Gasteiger partial charge on any atom is 0.110 e. The van der Waals surface area contributed by atoms with Crippen LogP contribution in [0.4, 0.5) is 0 Å². The number of rotatable bonds is 6. The Kier molecular flexibility index (Phi) is 5.19. The largest absolute Gasteiger partial charge is 0.335 e. The molecule has 0 spiro atoms. The number of nitrogens with two attached hydrogens (primary N) is 1. The minimum atomic E-state index is 0.235. The summed E-state index contributed by atoms with van der Waals surface area (Å²) in [5, 5.41) is 0. The fourth-order valence-corrected chi connectivity index (χ4v) is 1.89. The molecule has 0 fully saturated rings. The molecule has 1 atom stereocenters. The van der Waals surface area contributed by atoms with E-state index in [-0.39, 0.29) is 6.04 Å². The molecule has 0 aliphatic heterocycles. The highest BCUT2D eigenvalue weighted by Gasteiger charge is 2.11. The van der Waals surface area contributed by atoms with Crippen molar-refractivity contribution in [2.45, 2.75) is 66.0 Å². The SMILES string of the molecule is CCC(N)Cc1nccn1CCCC(C)(C)C. The average molecular weight is 237 g/mol. The standard InChI is InChI=1S/C14H27N3/c1-5-12(15)11-13-16-8-10-17(13)9-6-7-14(2,3)4/h8,10,12H,5-7,9,11,15H2,1-4H3. The normalized spacial score (nSPS) is 13.9. The zero-order valence-electron chi connectivity index (χ0n) is 11.7. The van der Waals surface area contributed by atoms with Gasteiger partial charge in [-0.25, -0.2) is 4.98 Å². The molecule has 0 amide bonds. The van der Waals surface area contributed by atoms with E-state index in [1.165, 1.54) is 12.8 Å². The lowest BCUT2D eigenvalue weighted by Crippen LogP contribution is -2.23. The van der Waals surface area contributed by atoms with Crippen molar-refractivity contribution in [3.05, 3.63) is 18.2 Å². The first-order chi connectivity index (χ1) is 7.92. The predicted octanol–water partition coefficient (Wildman–Crippen LogP) is 2.99. The molecule has 0 bridgehead atoms. The number of aromatic nitrogens is 2. The lowest BCUT2D eigenvalue weighted by Gasteiger charge is -2.18. The summed E-state index contributed by atoms with van der Waals surface area (Å²) in [6, 6.07) is 0.235. The van der Waals surface area contributed by atoms with Gasteiger partial charge in [0.15, 0.2) is 0 Å². The zero-order chi connectivity index (χ0) is 12.9. The number of hydrogen-bond donors (Lipinski definition) is 1.